The van der Waals surface area contributed by atoms with Crippen LogP contribution in [0.1, 0.15) is 0 Å². The van der Waals surface area contributed by atoms with Gasteiger partial charge >= 0.3 is 0 Å². The number of rotatable bonds is 0. The Morgan fingerprint density at radius 1 is 1.58 bits per heavy atom. The zero-order valence-corrected chi connectivity index (χ0v) is 7.32. The maximum Gasteiger partial charge on any atom is 0.189 e. The number of likely N-dealkylation sites (N-methyl/N-ethyl adjacent to an activating group) is 1. The third-order valence-corrected chi connectivity index (χ3v) is 1.98. The Bertz CT molecular complexity index is 294. The van der Waals surface area contributed by atoms with Gasteiger partial charge in [0.05, 0.1) is 18.9 Å². The van der Waals surface area contributed by atoms with Crippen LogP contribution in [0.5, 0.6) is 5.75 Å². The molecule has 1 aromatic heterocycles. The predicted molar refractivity (Wildman–Crippen MR) is 45.6 cm³/mol. The minimum atomic E-state index is -0.299. The predicted octanol–water partition coefficient (Wildman–Crippen LogP) is 0.870. The molecule has 0 saturated heterocycles. The van der Waals surface area contributed by atoms with Gasteiger partial charge in [0.1, 0.15) is 5.69 Å². The second kappa shape index (κ2) is 2.79. The minimum absolute atomic E-state index is 0.299. The Balaban J connectivity index is 2.40. The van der Waals surface area contributed by atoms with E-state index < -0.39 is 0 Å². The highest BCUT2D eigenvalue weighted by Gasteiger charge is 2.21. The van der Waals surface area contributed by atoms with Crippen LogP contribution in [-0.2, 0) is 0 Å². The summed E-state index contributed by atoms with van der Waals surface area (Å²) in [5, 5.41) is 7.47. The van der Waals surface area contributed by atoms with Gasteiger partial charge in [-0.2, -0.15) is 10.2 Å². The van der Waals surface area contributed by atoms with Crippen molar-refractivity contribution >= 4 is 17.3 Å². The smallest absolute Gasteiger partial charge is 0.189 e. The third-order valence-electron chi connectivity index (χ3n) is 1.76. The van der Waals surface area contributed by atoms with Gasteiger partial charge in [-0.15, -0.1) is 0 Å². The molecule has 2 heterocycles. The number of ether oxygens (including phenoxy) is 1. The lowest BCUT2D eigenvalue weighted by Gasteiger charge is -2.29. The lowest BCUT2D eigenvalue weighted by Crippen LogP contribution is -2.34. The molecule has 4 nitrogen and oxygen atoms in total. The van der Waals surface area contributed by atoms with Crippen LogP contribution in [0.4, 0.5) is 5.69 Å². The first kappa shape index (κ1) is 7.61. The molecule has 0 aliphatic carbocycles. The van der Waals surface area contributed by atoms with E-state index in [0.717, 1.165) is 5.69 Å². The van der Waals surface area contributed by atoms with Gasteiger partial charge in [0.2, 0.25) is 0 Å². The lowest BCUT2D eigenvalue weighted by molar-refractivity contribution is 0.270. The highest BCUT2D eigenvalue weighted by molar-refractivity contribution is 6.20. The van der Waals surface area contributed by atoms with Gasteiger partial charge in [-0.25, -0.2) is 0 Å². The molecule has 0 bridgehead atoms. The van der Waals surface area contributed by atoms with E-state index in [2.05, 4.69) is 10.2 Å². The van der Waals surface area contributed by atoms with Crippen molar-refractivity contribution < 1.29 is 4.74 Å². The molecule has 0 saturated carbocycles. The molecule has 5 heteroatoms. The van der Waals surface area contributed by atoms with E-state index >= 15 is 0 Å². The van der Waals surface area contributed by atoms with Crippen molar-refractivity contribution in [2.75, 3.05) is 18.5 Å². The number of halogens is 1. The summed E-state index contributed by atoms with van der Waals surface area (Å²) in [5.74, 6) is 0.693. The molecule has 1 unspecified atom stereocenters. The maximum absolute atomic E-state index is 5.83. The molecule has 0 spiro atoms. The summed E-state index contributed by atoms with van der Waals surface area (Å²) in [7, 11) is 1.94. The summed E-state index contributed by atoms with van der Waals surface area (Å²) in [6, 6.07) is 0. The zero-order valence-electron chi connectivity index (χ0n) is 6.57. The van der Waals surface area contributed by atoms with Crippen molar-refractivity contribution in [3.63, 3.8) is 0 Å². The summed E-state index contributed by atoms with van der Waals surface area (Å²) in [5.41, 5.74) is 0.633. The number of hydrogen-bond acceptors (Lipinski definition) is 4. The van der Waals surface area contributed by atoms with Crippen molar-refractivity contribution in [2.24, 2.45) is 0 Å². The fourth-order valence-corrected chi connectivity index (χ4v) is 1.47. The third kappa shape index (κ3) is 1.18. The number of hydrogen-bond donors (Lipinski definition) is 0. The van der Waals surface area contributed by atoms with Gasteiger partial charge in [0.25, 0.3) is 0 Å². The largest absolute Gasteiger partial charge is 0.469 e. The summed E-state index contributed by atoms with van der Waals surface area (Å²) in [6.45, 7) is 0.667. The summed E-state index contributed by atoms with van der Waals surface area (Å²) >= 11 is 5.83. The summed E-state index contributed by atoms with van der Waals surface area (Å²) < 4.78 is 5.32. The Labute approximate surface area is 75.1 Å². The van der Waals surface area contributed by atoms with Crippen molar-refractivity contribution in [3.05, 3.63) is 12.4 Å². The van der Waals surface area contributed by atoms with Crippen molar-refractivity contribution in [1.29, 1.82) is 0 Å². The number of aromatic nitrogens is 2. The van der Waals surface area contributed by atoms with Gasteiger partial charge < -0.3 is 9.64 Å². The number of fused-ring (bicyclic) bond motifs is 1. The molecule has 0 aromatic carbocycles. The molecule has 1 aromatic rings. The Morgan fingerprint density at radius 3 is 3.17 bits per heavy atom. The van der Waals surface area contributed by atoms with Gasteiger partial charge in [-0.05, 0) is 0 Å². The first-order valence-corrected chi connectivity index (χ1v) is 4.03. The standard InChI is InChI=1S/C7H8ClN3O/c1-11-4-7(8)12-6-3-10-9-2-5(6)11/h2-3,7H,4H2,1H3. The molecule has 0 radical (unpaired) electrons. The molecule has 0 amide bonds. The molecule has 1 atom stereocenters. The van der Waals surface area contributed by atoms with Crippen molar-refractivity contribution in [2.45, 2.75) is 5.56 Å². The normalized spacial score (nSPS) is 21.5. The average molecular weight is 186 g/mol. The van der Waals surface area contributed by atoms with E-state index in [1.165, 1.54) is 0 Å². The SMILES string of the molecule is CN1CC(Cl)Oc2cnncc21. The maximum atomic E-state index is 5.83. The molecule has 12 heavy (non-hydrogen) atoms. The van der Waals surface area contributed by atoms with Crippen LogP contribution in [0.15, 0.2) is 12.4 Å². The molecule has 0 N–H and O–H groups in total. The summed E-state index contributed by atoms with van der Waals surface area (Å²) in [4.78, 5) is 1.99. The topological polar surface area (TPSA) is 38.2 Å². The van der Waals surface area contributed by atoms with E-state index in [0.29, 0.717) is 12.3 Å². The molecular weight excluding hydrogens is 178 g/mol. The van der Waals surface area contributed by atoms with E-state index in [1.54, 1.807) is 12.4 Å². The highest BCUT2D eigenvalue weighted by atomic mass is 35.5. The Hall–Kier alpha value is -1.03. The Morgan fingerprint density at radius 2 is 2.33 bits per heavy atom. The van der Waals surface area contributed by atoms with Gasteiger partial charge in [-0.3, -0.25) is 0 Å². The minimum Gasteiger partial charge on any atom is -0.469 e. The highest BCUT2D eigenvalue weighted by Crippen LogP contribution is 2.30. The second-order valence-electron chi connectivity index (χ2n) is 2.65. The van der Waals surface area contributed by atoms with Gasteiger partial charge in [-0.1, -0.05) is 11.6 Å². The average Bonchev–Trinajstić information content (AvgIpc) is 2.04. The molecule has 1 aliphatic rings. The molecular formula is C7H8ClN3O. The van der Waals surface area contributed by atoms with Crippen LogP contribution in [0.2, 0.25) is 0 Å². The fraction of sp³-hybridized carbons (Fsp3) is 0.429. The van der Waals surface area contributed by atoms with Crippen LogP contribution in [-0.4, -0.2) is 29.4 Å². The van der Waals surface area contributed by atoms with E-state index in [4.69, 9.17) is 16.3 Å². The number of alkyl halides is 1. The van der Waals surface area contributed by atoms with Crippen molar-refractivity contribution in [1.82, 2.24) is 10.2 Å². The first-order chi connectivity index (χ1) is 5.77. The second-order valence-corrected chi connectivity index (χ2v) is 3.13. The van der Waals surface area contributed by atoms with Crippen LogP contribution in [0, 0.1) is 0 Å². The summed E-state index contributed by atoms with van der Waals surface area (Å²) in [6.07, 6.45) is 3.23. The quantitative estimate of drug-likeness (QED) is 0.563. The number of anilines is 1. The van der Waals surface area contributed by atoms with Gasteiger partial charge in [0, 0.05) is 7.05 Å². The van der Waals surface area contributed by atoms with Crippen LogP contribution in [0.25, 0.3) is 0 Å². The molecule has 1 aliphatic heterocycles. The zero-order chi connectivity index (χ0) is 8.55. The molecule has 2 rings (SSSR count). The first-order valence-electron chi connectivity index (χ1n) is 3.60. The monoisotopic (exact) mass is 185 g/mol. The van der Waals surface area contributed by atoms with E-state index in [9.17, 15) is 0 Å². The lowest BCUT2D eigenvalue weighted by atomic mass is 10.3. The van der Waals surface area contributed by atoms with E-state index in [-0.39, 0.29) is 5.56 Å². The van der Waals surface area contributed by atoms with Crippen molar-refractivity contribution in [3.8, 4) is 5.75 Å². The number of nitrogens with zero attached hydrogens (tertiary/aromatic N) is 3. The fourth-order valence-electron chi connectivity index (χ4n) is 1.17. The van der Waals surface area contributed by atoms with E-state index in [1.807, 2.05) is 11.9 Å². The Kier molecular flexibility index (Phi) is 1.77. The molecule has 0 fully saturated rings. The van der Waals surface area contributed by atoms with Gasteiger partial charge in [0.15, 0.2) is 11.3 Å². The van der Waals surface area contributed by atoms with Crippen LogP contribution < -0.4 is 9.64 Å². The van der Waals surface area contributed by atoms with Crippen LogP contribution >= 0.6 is 11.6 Å². The van der Waals surface area contributed by atoms with Crippen LogP contribution in [0.3, 0.4) is 0 Å². The molecule has 64 valence electrons.